The molecule has 0 bridgehead atoms. The van der Waals surface area contributed by atoms with Crippen LogP contribution in [-0.2, 0) is 11.8 Å². The molecule has 0 amide bonds. The first-order valence-electron chi connectivity index (χ1n) is 10.8. The second-order valence-corrected chi connectivity index (χ2v) is 9.32. The topological polar surface area (TPSA) is 0 Å². The minimum Gasteiger partial charge on any atom is -0.0619 e. The highest BCUT2D eigenvalue weighted by Gasteiger charge is 2.42. The van der Waals surface area contributed by atoms with E-state index in [1.807, 2.05) is 0 Å². The van der Waals surface area contributed by atoms with Gasteiger partial charge in [0, 0.05) is 5.41 Å². The molecule has 0 nitrogen and oxygen atoms in total. The van der Waals surface area contributed by atoms with Gasteiger partial charge in [-0.1, -0.05) is 98.8 Å². The van der Waals surface area contributed by atoms with Crippen LogP contribution in [0.2, 0.25) is 0 Å². The first-order chi connectivity index (χ1) is 14.7. The molecule has 0 N–H and O–H groups in total. The Morgan fingerprint density at radius 1 is 0.567 bits per heavy atom. The minimum absolute atomic E-state index is 0.0445. The lowest BCUT2D eigenvalue weighted by Crippen LogP contribution is -2.17. The van der Waals surface area contributed by atoms with Gasteiger partial charge in [0.05, 0.1) is 0 Å². The van der Waals surface area contributed by atoms with Gasteiger partial charge in [0.2, 0.25) is 0 Å². The molecule has 0 fully saturated rings. The Balaban J connectivity index is 1.73. The smallest absolute Gasteiger partial charge is 0.0171 e. The van der Waals surface area contributed by atoms with Gasteiger partial charge in [-0.15, -0.1) is 0 Å². The van der Waals surface area contributed by atoms with Crippen LogP contribution in [0.15, 0.2) is 84.9 Å². The summed E-state index contributed by atoms with van der Waals surface area (Å²) < 4.78 is 0. The molecule has 142 valence electrons. The molecule has 0 radical (unpaired) electrons. The van der Waals surface area contributed by atoms with Crippen molar-refractivity contribution in [2.45, 2.75) is 25.7 Å². The average molecular weight is 383 g/mol. The summed E-state index contributed by atoms with van der Waals surface area (Å²) in [6.45, 7) is 4.86. The SMILES string of the molecule is CC1(C)c2c3c(c4ccccc4c2-c2ccc4ccccc4c21)Cc1ccccc1-3. The summed E-state index contributed by atoms with van der Waals surface area (Å²) in [6.07, 6.45) is 1.03. The second-order valence-electron chi connectivity index (χ2n) is 9.32. The van der Waals surface area contributed by atoms with E-state index in [9.17, 15) is 0 Å². The van der Waals surface area contributed by atoms with Crippen LogP contribution in [0.3, 0.4) is 0 Å². The van der Waals surface area contributed by atoms with Gasteiger partial charge in [-0.3, -0.25) is 0 Å². The molecule has 0 heteroatoms. The Kier molecular flexibility index (Phi) is 2.96. The first-order valence-corrected chi connectivity index (χ1v) is 10.8. The molecule has 2 aliphatic rings. The lowest BCUT2D eigenvalue weighted by Gasteiger charge is -2.26. The van der Waals surface area contributed by atoms with Gasteiger partial charge in [0.15, 0.2) is 0 Å². The number of hydrogen-bond acceptors (Lipinski definition) is 0. The molecule has 0 atom stereocenters. The third kappa shape index (κ3) is 1.83. The van der Waals surface area contributed by atoms with E-state index in [4.69, 9.17) is 0 Å². The van der Waals surface area contributed by atoms with Crippen molar-refractivity contribution in [3.05, 3.63) is 107 Å². The van der Waals surface area contributed by atoms with E-state index >= 15 is 0 Å². The minimum atomic E-state index is -0.0445. The van der Waals surface area contributed by atoms with Crippen LogP contribution in [-0.4, -0.2) is 0 Å². The van der Waals surface area contributed by atoms with Crippen molar-refractivity contribution in [2.24, 2.45) is 0 Å². The zero-order valence-corrected chi connectivity index (χ0v) is 17.3. The number of fused-ring (bicyclic) bond motifs is 12. The highest BCUT2D eigenvalue weighted by Crippen LogP contribution is 2.59. The fraction of sp³-hybridized carbons (Fsp3) is 0.133. The van der Waals surface area contributed by atoms with E-state index < -0.39 is 0 Å². The van der Waals surface area contributed by atoms with Crippen LogP contribution in [0.4, 0.5) is 0 Å². The van der Waals surface area contributed by atoms with Crippen LogP contribution in [0.25, 0.3) is 43.8 Å². The zero-order chi connectivity index (χ0) is 20.0. The predicted molar refractivity (Wildman–Crippen MR) is 127 cm³/mol. The largest absolute Gasteiger partial charge is 0.0619 e. The third-order valence-electron chi connectivity index (χ3n) is 7.43. The summed E-state index contributed by atoms with van der Waals surface area (Å²) in [7, 11) is 0. The van der Waals surface area contributed by atoms with Gasteiger partial charge in [0.1, 0.15) is 0 Å². The predicted octanol–water partition coefficient (Wildman–Crippen LogP) is 7.87. The third-order valence-corrected chi connectivity index (χ3v) is 7.43. The van der Waals surface area contributed by atoms with Crippen molar-refractivity contribution in [3.63, 3.8) is 0 Å². The molecule has 0 heterocycles. The van der Waals surface area contributed by atoms with Gasteiger partial charge >= 0.3 is 0 Å². The number of benzene rings is 5. The molecule has 0 unspecified atom stereocenters. The van der Waals surface area contributed by atoms with Crippen molar-refractivity contribution in [3.8, 4) is 22.3 Å². The second kappa shape index (κ2) is 5.40. The summed E-state index contributed by atoms with van der Waals surface area (Å²) in [5.41, 5.74) is 11.7. The monoisotopic (exact) mass is 382 g/mol. The van der Waals surface area contributed by atoms with Gasteiger partial charge in [-0.05, 0) is 72.5 Å². The highest BCUT2D eigenvalue weighted by atomic mass is 14.4. The molecule has 5 aromatic rings. The van der Waals surface area contributed by atoms with Crippen LogP contribution in [0.1, 0.15) is 36.1 Å². The van der Waals surface area contributed by atoms with E-state index in [0.29, 0.717) is 0 Å². The van der Waals surface area contributed by atoms with Crippen molar-refractivity contribution in [1.82, 2.24) is 0 Å². The summed E-state index contributed by atoms with van der Waals surface area (Å²) in [4.78, 5) is 0. The lowest BCUT2D eigenvalue weighted by molar-refractivity contribution is 0.668. The van der Waals surface area contributed by atoms with Crippen LogP contribution < -0.4 is 0 Å². The van der Waals surface area contributed by atoms with Crippen LogP contribution in [0, 0.1) is 0 Å². The van der Waals surface area contributed by atoms with E-state index in [0.717, 1.165) is 6.42 Å². The van der Waals surface area contributed by atoms with E-state index in [-0.39, 0.29) is 5.41 Å². The molecular formula is C30H22. The van der Waals surface area contributed by atoms with E-state index in [2.05, 4.69) is 98.8 Å². The molecule has 5 aromatic carbocycles. The van der Waals surface area contributed by atoms with Gasteiger partial charge < -0.3 is 0 Å². The summed E-state index contributed by atoms with van der Waals surface area (Å²) in [6, 6.07) is 31.6. The Morgan fingerprint density at radius 2 is 1.27 bits per heavy atom. The Hall–Kier alpha value is -3.38. The summed E-state index contributed by atoms with van der Waals surface area (Å²) in [5, 5.41) is 5.54. The van der Waals surface area contributed by atoms with Crippen LogP contribution >= 0.6 is 0 Å². The summed E-state index contributed by atoms with van der Waals surface area (Å²) >= 11 is 0. The molecule has 30 heavy (non-hydrogen) atoms. The maximum atomic E-state index is 2.43. The molecule has 7 rings (SSSR count). The summed E-state index contributed by atoms with van der Waals surface area (Å²) in [5.74, 6) is 0. The Bertz CT molecular complexity index is 1530. The maximum absolute atomic E-state index is 2.43. The molecule has 0 saturated carbocycles. The fourth-order valence-electron chi connectivity index (χ4n) is 6.28. The molecule has 0 aromatic heterocycles. The Morgan fingerprint density at radius 3 is 2.13 bits per heavy atom. The molecular weight excluding hydrogens is 360 g/mol. The fourth-order valence-corrected chi connectivity index (χ4v) is 6.28. The van der Waals surface area contributed by atoms with Gasteiger partial charge in [-0.25, -0.2) is 0 Å². The number of hydrogen-bond donors (Lipinski definition) is 0. The molecule has 0 spiro atoms. The van der Waals surface area contributed by atoms with Gasteiger partial charge in [0.25, 0.3) is 0 Å². The first kappa shape index (κ1) is 16.4. The van der Waals surface area contributed by atoms with Crippen molar-refractivity contribution in [2.75, 3.05) is 0 Å². The highest BCUT2D eigenvalue weighted by molar-refractivity contribution is 6.12. The molecule has 0 saturated heterocycles. The van der Waals surface area contributed by atoms with Gasteiger partial charge in [-0.2, -0.15) is 0 Å². The van der Waals surface area contributed by atoms with Crippen molar-refractivity contribution >= 4 is 21.5 Å². The van der Waals surface area contributed by atoms with Crippen molar-refractivity contribution in [1.29, 1.82) is 0 Å². The van der Waals surface area contributed by atoms with E-state index in [1.54, 1.807) is 0 Å². The standard InChI is InChI=1S/C30H22/c1-30(2)28-21-12-6-3-9-18(21)15-16-24(28)27-23-14-8-7-13-22(23)25-17-19-10-4-5-11-20(19)26(25)29(27)30/h3-16H,17H2,1-2H3. The quantitative estimate of drug-likeness (QED) is 0.251. The maximum Gasteiger partial charge on any atom is 0.0171 e. The lowest BCUT2D eigenvalue weighted by atomic mass is 9.76. The molecule has 2 aliphatic carbocycles. The Labute approximate surface area is 176 Å². The molecule has 0 aliphatic heterocycles. The average Bonchev–Trinajstić information content (AvgIpc) is 3.27. The zero-order valence-electron chi connectivity index (χ0n) is 17.3. The normalized spacial score (nSPS) is 15.1. The van der Waals surface area contributed by atoms with Crippen LogP contribution in [0.5, 0.6) is 0 Å². The van der Waals surface area contributed by atoms with E-state index in [1.165, 1.54) is 66.1 Å². The number of rotatable bonds is 0. The van der Waals surface area contributed by atoms with Crippen molar-refractivity contribution < 1.29 is 0 Å².